The van der Waals surface area contributed by atoms with Gasteiger partial charge in [-0.05, 0) is 32.0 Å². The summed E-state index contributed by atoms with van der Waals surface area (Å²) in [6, 6.07) is 6.87. The van der Waals surface area contributed by atoms with Crippen LogP contribution in [0.2, 0.25) is 0 Å². The van der Waals surface area contributed by atoms with Gasteiger partial charge in [0.05, 0.1) is 5.69 Å². The molecule has 3 nitrogen and oxygen atoms in total. The fourth-order valence-corrected chi connectivity index (χ4v) is 2.44. The summed E-state index contributed by atoms with van der Waals surface area (Å²) >= 11 is 0. The average molecular weight is 233 g/mol. The van der Waals surface area contributed by atoms with Gasteiger partial charge >= 0.3 is 0 Å². The highest BCUT2D eigenvalue weighted by molar-refractivity contribution is 5.02. The second kappa shape index (κ2) is 6.72. The van der Waals surface area contributed by atoms with Crippen LogP contribution in [0.25, 0.3) is 0 Å². The largest absolute Gasteiger partial charge is 0.313 e. The molecule has 0 aliphatic heterocycles. The normalized spacial score (nSPS) is 16.8. The summed E-state index contributed by atoms with van der Waals surface area (Å²) in [4.78, 5) is 6.67. The molecule has 1 aromatic heterocycles. The Labute approximate surface area is 104 Å². The molecule has 0 unspecified atom stereocenters. The molecule has 1 aromatic rings. The van der Waals surface area contributed by atoms with Gasteiger partial charge in [0.1, 0.15) is 0 Å². The van der Waals surface area contributed by atoms with Crippen LogP contribution in [0.4, 0.5) is 0 Å². The van der Waals surface area contributed by atoms with Gasteiger partial charge in [-0.1, -0.05) is 18.9 Å². The topological polar surface area (TPSA) is 28.2 Å². The Hall–Kier alpha value is -0.930. The Morgan fingerprint density at radius 1 is 1.35 bits per heavy atom. The second-order valence-electron chi connectivity index (χ2n) is 4.99. The van der Waals surface area contributed by atoms with E-state index in [-0.39, 0.29) is 0 Å². The maximum Gasteiger partial charge on any atom is 0.0543 e. The lowest BCUT2D eigenvalue weighted by Gasteiger charge is -2.18. The molecule has 0 atom stereocenters. The van der Waals surface area contributed by atoms with E-state index in [0.717, 1.165) is 31.4 Å². The van der Waals surface area contributed by atoms with E-state index in [4.69, 9.17) is 0 Å². The van der Waals surface area contributed by atoms with Crippen molar-refractivity contribution in [2.75, 3.05) is 20.1 Å². The standard InChI is InChI=1S/C14H23N3/c1-17(12-14-8-4-5-9-15-14)11-10-16-13-6-2-3-7-13/h4-5,8-9,13,16H,2-3,6-7,10-12H2,1H3. The number of hydrogen-bond acceptors (Lipinski definition) is 3. The molecule has 1 heterocycles. The highest BCUT2D eigenvalue weighted by atomic mass is 15.1. The molecule has 0 bridgehead atoms. The van der Waals surface area contributed by atoms with Crippen molar-refractivity contribution in [3.05, 3.63) is 30.1 Å². The predicted molar refractivity (Wildman–Crippen MR) is 70.8 cm³/mol. The molecular formula is C14H23N3. The van der Waals surface area contributed by atoms with Gasteiger partial charge in [-0.2, -0.15) is 0 Å². The van der Waals surface area contributed by atoms with Crippen molar-refractivity contribution in [2.45, 2.75) is 38.3 Å². The molecule has 0 amide bonds. The van der Waals surface area contributed by atoms with Gasteiger partial charge in [0.25, 0.3) is 0 Å². The SMILES string of the molecule is CN(CCNC1CCCC1)Cc1ccccn1. The molecule has 1 fully saturated rings. The third-order valence-electron chi connectivity index (χ3n) is 3.44. The lowest BCUT2D eigenvalue weighted by Crippen LogP contribution is -2.34. The minimum atomic E-state index is 0.776. The van der Waals surface area contributed by atoms with Gasteiger partial charge in [-0.3, -0.25) is 9.88 Å². The van der Waals surface area contributed by atoms with Crippen molar-refractivity contribution in [2.24, 2.45) is 0 Å². The van der Waals surface area contributed by atoms with Gasteiger partial charge in [0.2, 0.25) is 0 Å². The molecule has 1 aliphatic rings. The molecule has 0 spiro atoms. The minimum absolute atomic E-state index is 0.776. The Kier molecular flexibility index (Phi) is 4.95. The van der Waals surface area contributed by atoms with Crippen molar-refractivity contribution in [3.63, 3.8) is 0 Å². The first-order chi connectivity index (χ1) is 8.34. The Bertz CT molecular complexity index is 307. The van der Waals surface area contributed by atoms with Crippen molar-refractivity contribution < 1.29 is 0 Å². The zero-order valence-electron chi connectivity index (χ0n) is 10.7. The molecule has 1 saturated carbocycles. The minimum Gasteiger partial charge on any atom is -0.313 e. The number of likely N-dealkylation sites (N-methyl/N-ethyl adjacent to an activating group) is 1. The van der Waals surface area contributed by atoms with Gasteiger partial charge in [0.15, 0.2) is 0 Å². The molecule has 3 heteroatoms. The first-order valence-corrected chi connectivity index (χ1v) is 6.66. The summed E-state index contributed by atoms with van der Waals surface area (Å²) in [5.74, 6) is 0. The van der Waals surface area contributed by atoms with Gasteiger partial charge < -0.3 is 5.32 Å². The van der Waals surface area contributed by atoms with Crippen LogP contribution in [-0.2, 0) is 6.54 Å². The van der Waals surface area contributed by atoms with E-state index in [9.17, 15) is 0 Å². The van der Waals surface area contributed by atoms with E-state index in [2.05, 4.69) is 28.3 Å². The van der Waals surface area contributed by atoms with Crippen molar-refractivity contribution >= 4 is 0 Å². The van der Waals surface area contributed by atoms with Crippen LogP contribution in [0.5, 0.6) is 0 Å². The second-order valence-corrected chi connectivity index (χ2v) is 4.99. The van der Waals surface area contributed by atoms with Gasteiger partial charge in [0, 0.05) is 31.9 Å². The highest BCUT2D eigenvalue weighted by Crippen LogP contribution is 2.17. The summed E-state index contributed by atoms with van der Waals surface area (Å²) in [7, 11) is 2.16. The fourth-order valence-electron chi connectivity index (χ4n) is 2.44. The summed E-state index contributed by atoms with van der Waals surface area (Å²) < 4.78 is 0. The first-order valence-electron chi connectivity index (χ1n) is 6.66. The van der Waals surface area contributed by atoms with Crippen molar-refractivity contribution in [1.29, 1.82) is 0 Å². The maximum absolute atomic E-state index is 4.34. The van der Waals surface area contributed by atoms with Crippen LogP contribution in [0, 0.1) is 0 Å². The lowest BCUT2D eigenvalue weighted by molar-refractivity contribution is 0.313. The van der Waals surface area contributed by atoms with Crippen molar-refractivity contribution in [3.8, 4) is 0 Å². The van der Waals surface area contributed by atoms with Crippen LogP contribution >= 0.6 is 0 Å². The van der Waals surface area contributed by atoms with Crippen LogP contribution < -0.4 is 5.32 Å². The highest BCUT2D eigenvalue weighted by Gasteiger charge is 2.13. The molecule has 0 aromatic carbocycles. The maximum atomic E-state index is 4.34. The number of nitrogens with one attached hydrogen (secondary N) is 1. The molecule has 1 N–H and O–H groups in total. The monoisotopic (exact) mass is 233 g/mol. The summed E-state index contributed by atoms with van der Waals surface area (Å²) in [6.45, 7) is 3.12. The van der Waals surface area contributed by atoms with Crippen LogP contribution in [0.15, 0.2) is 24.4 Å². The van der Waals surface area contributed by atoms with Crippen LogP contribution in [-0.4, -0.2) is 36.1 Å². The molecular weight excluding hydrogens is 210 g/mol. The molecule has 1 aliphatic carbocycles. The van der Waals surface area contributed by atoms with E-state index in [1.807, 2.05) is 18.3 Å². The number of rotatable bonds is 6. The van der Waals surface area contributed by atoms with E-state index in [1.54, 1.807) is 0 Å². The summed E-state index contributed by atoms with van der Waals surface area (Å²) in [6.07, 6.45) is 7.40. The van der Waals surface area contributed by atoms with Crippen LogP contribution in [0.3, 0.4) is 0 Å². The van der Waals surface area contributed by atoms with Crippen molar-refractivity contribution in [1.82, 2.24) is 15.2 Å². The number of aromatic nitrogens is 1. The average Bonchev–Trinajstić information content (AvgIpc) is 2.83. The van der Waals surface area contributed by atoms with E-state index < -0.39 is 0 Å². The van der Waals surface area contributed by atoms with Gasteiger partial charge in [-0.15, -0.1) is 0 Å². The lowest BCUT2D eigenvalue weighted by atomic mass is 10.2. The number of hydrogen-bond donors (Lipinski definition) is 1. The quantitative estimate of drug-likeness (QED) is 0.815. The first kappa shape index (κ1) is 12.5. The molecule has 2 rings (SSSR count). The Morgan fingerprint density at radius 3 is 2.88 bits per heavy atom. The molecule has 0 radical (unpaired) electrons. The zero-order valence-corrected chi connectivity index (χ0v) is 10.7. The smallest absolute Gasteiger partial charge is 0.0543 e. The molecule has 94 valence electrons. The van der Waals surface area contributed by atoms with E-state index >= 15 is 0 Å². The third kappa shape index (κ3) is 4.44. The van der Waals surface area contributed by atoms with E-state index in [1.165, 1.54) is 25.7 Å². The zero-order chi connectivity index (χ0) is 11.9. The molecule has 17 heavy (non-hydrogen) atoms. The molecule has 0 saturated heterocycles. The summed E-state index contributed by atoms with van der Waals surface area (Å²) in [5.41, 5.74) is 1.15. The fraction of sp³-hybridized carbons (Fsp3) is 0.643. The third-order valence-corrected chi connectivity index (χ3v) is 3.44. The van der Waals surface area contributed by atoms with E-state index in [0.29, 0.717) is 0 Å². The predicted octanol–water partition coefficient (Wildman–Crippen LogP) is 2.05. The Morgan fingerprint density at radius 2 is 2.18 bits per heavy atom. The number of pyridine rings is 1. The Balaban J connectivity index is 1.62. The van der Waals surface area contributed by atoms with Gasteiger partial charge in [-0.25, -0.2) is 0 Å². The van der Waals surface area contributed by atoms with Crippen LogP contribution in [0.1, 0.15) is 31.4 Å². The summed E-state index contributed by atoms with van der Waals surface area (Å²) in [5, 5.41) is 3.64. The number of nitrogens with zero attached hydrogens (tertiary/aromatic N) is 2.